The molecule has 1 rings (SSSR count). The molecule has 0 saturated carbocycles. The number of aromatic nitrogens is 1. The highest BCUT2D eigenvalue weighted by molar-refractivity contribution is 6.02. The van der Waals surface area contributed by atoms with Crippen molar-refractivity contribution in [1.82, 2.24) is 10.3 Å². The summed E-state index contributed by atoms with van der Waals surface area (Å²) in [4.78, 5) is 26.3. The van der Waals surface area contributed by atoms with E-state index in [9.17, 15) is 9.59 Å². The normalized spacial score (nSPS) is 11.6. The van der Waals surface area contributed by atoms with Crippen LogP contribution in [0.4, 0.5) is 0 Å². The Morgan fingerprint density at radius 3 is 2.33 bits per heavy atom. The Bertz CT molecular complexity index is 454. The maximum absolute atomic E-state index is 11.9. The Hall–Kier alpha value is -1.33. The van der Waals surface area contributed by atoms with Crippen LogP contribution in [0.2, 0.25) is 0 Å². The molecule has 1 aromatic rings. The molecular formula is C12H20ClN3O2. The number of hydrogen-bond donors (Lipinski definition) is 3. The first-order chi connectivity index (χ1) is 7.88. The summed E-state index contributed by atoms with van der Waals surface area (Å²) in [5.74, 6) is -0.266. The van der Waals surface area contributed by atoms with Gasteiger partial charge in [-0.2, -0.15) is 0 Å². The molecule has 0 aliphatic carbocycles. The molecule has 4 N–H and O–H groups in total. The van der Waals surface area contributed by atoms with Crippen LogP contribution < -0.4 is 11.1 Å². The predicted molar refractivity (Wildman–Crippen MR) is 73.5 cm³/mol. The molecule has 1 aromatic heterocycles. The molecule has 1 heterocycles. The zero-order valence-corrected chi connectivity index (χ0v) is 11.9. The Morgan fingerprint density at radius 2 is 1.94 bits per heavy atom. The Kier molecular flexibility index (Phi) is 6.08. The van der Waals surface area contributed by atoms with Crippen LogP contribution in [0.3, 0.4) is 0 Å². The van der Waals surface area contributed by atoms with Crippen LogP contribution >= 0.6 is 12.4 Å². The van der Waals surface area contributed by atoms with Crippen molar-refractivity contribution in [3.05, 3.63) is 22.5 Å². The van der Waals surface area contributed by atoms with E-state index in [1.165, 1.54) is 6.92 Å². The minimum atomic E-state index is -0.226. The van der Waals surface area contributed by atoms with Crippen molar-refractivity contribution in [2.75, 3.05) is 6.54 Å². The number of amides is 1. The lowest BCUT2D eigenvalue weighted by Gasteiger charge is -2.10. The van der Waals surface area contributed by atoms with Gasteiger partial charge < -0.3 is 16.0 Å². The van der Waals surface area contributed by atoms with Crippen LogP contribution in [0, 0.1) is 13.8 Å². The molecule has 5 nitrogen and oxygen atoms in total. The van der Waals surface area contributed by atoms with E-state index in [4.69, 9.17) is 5.73 Å². The molecular weight excluding hydrogens is 254 g/mol. The first-order valence-electron chi connectivity index (χ1n) is 5.59. The van der Waals surface area contributed by atoms with E-state index in [1.54, 1.807) is 13.8 Å². The van der Waals surface area contributed by atoms with Gasteiger partial charge >= 0.3 is 0 Å². The summed E-state index contributed by atoms with van der Waals surface area (Å²) in [7, 11) is 0. The van der Waals surface area contributed by atoms with Gasteiger partial charge in [-0.3, -0.25) is 9.59 Å². The van der Waals surface area contributed by atoms with Gasteiger partial charge in [-0.1, -0.05) is 0 Å². The Labute approximate surface area is 113 Å². The number of hydrogen-bond acceptors (Lipinski definition) is 3. The largest absolute Gasteiger partial charge is 0.354 e. The van der Waals surface area contributed by atoms with Crippen molar-refractivity contribution >= 4 is 24.1 Å². The third-order valence-corrected chi connectivity index (χ3v) is 2.75. The second kappa shape index (κ2) is 6.56. The molecule has 102 valence electrons. The number of ketones is 1. The van der Waals surface area contributed by atoms with Crippen molar-refractivity contribution < 1.29 is 9.59 Å². The molecule has 0 aromatic carbocycles. The highest BCUT2D eigenvalue weighted by Gasteiger charge is 2.20. The van der Waals surface area contributed by atoms with Crippen molar-refractivity contribution in [3.63, 3.8) is 0 Å². The molecule has 6 heteroatoms. The lowest BCUT2D eigenvalue weighted by atomic mass is 10.1. The number of aromatic amines is 1. The smallest absolute Gasteiger partial charge is 0.268 e. The fourth-order valence-corrected chi connectivity index (χ4v) is 1.86. The number of carbonyl (C=O) groups excluding carboxylic acids is 2. The average Bonchev–Trinajstić information content (AvgIpc) is 2.53. The first-order valence-corrected chi connectivity index (χ1v) is 5.59. The summed E-state index contributed by atoms with van der Waals surface area (Å²) < 4.78 is 0. The van der Waals surface area contributed by atoms with Crippen LogP contribution in [0.5, 0.6) is 0 Å². The fourth-order valence-electron chi connectivity index (χ4n) is 1.86. The lowest BCUT2D eigenvalue weighted by molar-refractivity contribution is 0.0936. The van der Waals surface area contributed by atoms with Gasteiger partial charge in [0.1, 0.15) is 5.69 Å². The van der Waals surface area contributed by atoms with E-state index in [1.807, 2.05) is 6.92 Å². The van der Waals surface area contributed by atoms with Crippen molar-refractivity contribution in [3.8, 4) is 0 Å². The van der Waals surface area contributed by atoms with E-state index >= 15 is 0 Å². The van der Waals surface area contributed by atoms with Crippen molar-refractivity contribution in [1.29, 1.82) is 0 Å². The molecule has 0 saturated heterocycles. The standard InChI is InChI=1S/C12H19N3O2.ClH/c1-6(5-13)14-12(17)11-7(2)10(9(4)16)8(3)15-11;/h6,15H,5,13H2,1-4H3,(H,14,17);1H/t6-;/m0./s1. The number of halogens is 1. The van der Waals surface area contributed by atoms with E-state index in [2.05, 4.69) is 10.3 Å². The van der Waals surface area contributed by atoms with Crippen LogP contribution in [-0.2, 0) is 0 Å². The molecule has 1 amide bonds. The van der Waals surface area contributed by atoms with Gasteiger partial charge in [-0.15, -0.1) is 12.4 Å². The van der Waals surface area contributed by atoms with Gasteiger partial charge in [0.15, 0.2) is 5.78 Å². The minimum absolute atomic E-state index is 0. The molecule has 18 heavy (non-hydrogen) atoms. The monoisotopic (exact) mass is 273 g/mol. The molecule has 0 aliphatic heterocycles. The van der Waals surface area contributed by atoms with E-state index < -0.39 is 0 Å². The maximum atomic E-state index is 11.9. The first kappa shape index (κ1) is 16.7. The van der Waals surface area contributed by atoms with E-state index in [-0.39, 0.29) is 30.1 Å². The van der Waals surface area contributed by atoms with Crippen molar-refractivity contribution in [2.45, 2.75) is 33.7 Å². The van der Waals surface area contributed by atoms with E-state index in [0.717, 1.165) is 5.69 Å². The minimum Gasteiger partial charge on any atom is -0.354 e. The van der Waals surface area contributed by atoms with Crippen molar-refractivity contribution in [2.24, 2.45) is 5.73 Å². The molecule has 0 radical (unpaired) electrons. The fraction of sp³-hybridized carbons (Fsp3) is 0.500. The molecule has 0 aliphatic rings. The van der Waals surface area contributed by atoms with Gasteiger partial charge in [0.05, 0.1) is 0 Å². The van der Waals surface area contributed by atoms with Gasteiger partial charge in [0, 0.05) is 23.8 Å². The van der Waals surface area contributed by atoms with E-state index in [0.29, 0.717) is 23.4 Å². The molecule has 0 spiro atoms. The molecule has 0 bridgehead atoms. The van der Waals surface area contributed by atoms with Crippen LogP contribution in [-0.4, -0.2) is 29.3 Å². The number of carbonyl (C=O) groups is 2. The van der Waals surface area contributed by atoms with Gasteiger partial charge in [-0.25, -0.2) is 0 Å². The number of rotatable bonds is 4. The van der Waals surface area contributed by atoms with Gasteiger partial charge in [0.25, 0.3) is 5.91 Å². The molecule has 0 unspecified atom stereocenters. The number of Topliss-reactive ketones (excluding diaryl/α,β-unsaturated/α-hetero) is 1. The second-order valence-electron chi connectivity index (χ2n) is 4.29. The number of H-pyrrole nitrogens is 1. The lowest BCUT2D eigenvalue weighted by Crippen LogP contribution is -2.38. The molecule has 1 atom stereocenters. The number of nitrogens with one attached hydrogen (secondary N) is 2. The van der Waals surface area contributed by atoms with Gasteiger partial charge in [0.2, 0.25) is 0 Å². The zero-order chi connectivity index (χ0) is 13.2. The summed E-state index contributed by atoms with van der Waals surface area (Å²) in [6.45, 7) is 7.25. The predicted octanol–water partition coefficient (Wildman–Crippen LogP) is 1.33. The summed E-state index contributed by atoms with van der Waals surface area (Å²) in [5, 5.41) is 2.76. The summed E-state index contributed by atoms with van der Waals surface area (Å²) in [6, 6.07) is -0.0914. The number of aryl methyl sites for hydroxylation is 1. The SMILES string of the molecule is CC(=O)c1c(C)[nH]c(C(=O)N[C@@H](C)CN)c1C.Cl. The third-order valence-electron chi connectivity index (χ3n) is 2.75. The van der Waals surface area contributed by atoms with Crippen LogP contribution in [0.25, 0.3) is 0 Å². The van der Waals surface area contributed by atoms with Gasteiger partial charge in [-0.05, 0) is 33.3 Å². The summed E-state index contributed by atoms with van der Waals surface area (Å²) in [5.41, 5.74) is 7.89. The Morgan fingerprint density at radius 1 is 1.39 bits per heavy atom. The quantitative estimate of drug-likeness (QED) is 0.723. The third kappa shape index (κ3) is 3.34. The Balaban J connectivity index is 0.00000289. The second-order valence-corrected chi connectivity index (χ2v) is 4.29. The highest BCUT2D eigenvalue weighted by atomic mass is 35.5. The van der Waals surface area contributed by atoms with Crippen LogP contribution in [0.15, 0.2) is 0 Å². The molecule has 0 fully saturated rings. The summed E-state index contributed by atoms with van der Waals surface area (Å²) in [6.07, 6.45) is 0. The zero-order valence-electron chi connectivity index (χ0n) is 11.1. The van der Waals surface area contributed by atoms with Crippen LogP contribution in [0.1, 0.15) is 46.0 Å². The number of nitrogens with two attached hydrogens (primary N) is 1. The topological polar surface area (TPSA) is 88.0 Å². The highest BCUT2D eigenvalue weighted by Crippen LogP contribution is 2.18. The summed E-state index contributed by atoms with van der Waals surface area (Å²) >= 11 is 0. The average molecular weight is 274 g/mol. The maximum Gasteiger partial charge on any atom is 0.268 e.